The Morgan fingerprint density at radius 2 is 1.89 bits per heavy atom. The maximum Gasteiger partial charge on any atom is 0.271 e. The molecule has 27 heavy (non-hydrogen) atoms. The summed E-state index contributed by atoms with van der Waals surface area (Å²) in [4.78, 5) is 17.4. The van der Waals surface area contributed by atoms with Crippen LogP contribution in [0.4, 0.5) is 5.82 Å². The number of aryl methyl sites for hydroxylation is 1. The molecular formula is C19H21N5O2S. The molecule has 1 atom stereocenters. The highest BCUT2D eigenvalue weighted by molar-refractivity contribution is 7.15. The number of thiazole rings is 1. The maximum atomic E-state index is 11.5. The molecule has 0 aliphatic heterocycles. The third-order valence-electron chi connectivity index (χ3n) is 4.05. The van der Waals surface area contributed by atoms with Gasteiger partial charge in [0, 0.05) is 17.5 Å². The number of aromatic nitrogens is 3. The van der Waals surface area contributed by atoms with Crippen LogP contribution in [0.2, 0.25) is 0 Å². The molecule has 0 aliphatic rings. The molecule has 3 aromatic rings. The van der Waals surface area contributed by atoms with Gasteiger partial charge >= 0.3 is 0 Å². The number of nitrogens with zero attached hydrogens (tertiary/aromatic N) is 3. The Balaban J connectivity index is 1.75. The summed E-state index contributed by atoms with van der Waals surface area (Å²) in [5.41, 5.74) is 2.31. The fourth-order valence-corrected chi connectivity index (χ4v) is 3.69. The van der Waals surface area contributed by atoms with Gasteiger partial charge in [0.05, 0.1) is 18.8 Å². The standard InChI is InChI=1S/C19H21N5O2S/c1-11(21-16-10-9-15(23-24-16)18(25)20-3)17-12(2)22-19(27-17)13-5-7-14(26-4)8-6-13/h5-11H,1-4H3,(H,20,25)(H,21,24). The van der Waals surface area contributed by atoms with Crippen molar-refractivity contribution in [2.24, 2.45) is 0 Å². The average Bonchev–Trinajstić information content (AvgIpc) is 3.10. The van der Waals surface area contributed by atoms with E-state index in [1.165, 1.54) is 0 Å². The summed E-state index contributed by atoms with van der Waals surface area (Å²) in [7, 11) is 3.21. The van der Waals surface area contributed by atoms with Gasteiger partial charge in [-0.05, 0) is 50.2 Å². The first-order valence-corrected chi connectivity index (χ1v) is 9.27. The van der Waals surface area contributed by atoms with Gasteiger partial charge in [-0.15, -0.1) is 21.5 Å². The summed E-state index contributed by atoms with van der Waals surface area (Å²) in [6.45, 7) is 4.05. The first-order chi connectivity index (χ1) is 13.0. The van der Waals surface area contributed by atoms with Crippen LogP contribution >= 0.6 is 11.3 Å². The van der Waals surface area contributed by atoms with Gasteiger partial charge in [0.1, 0.15) is 16.6 Å². The van der Waals surface area contributed by atoms with Crippen LogP contribution in [-0.4, -0.2) is 35.2 Å². The Morgan fingerprint density at radius 3 is 2.48 bits per heavy atom. The number of anilines is 1. The van der Waals surface area contributed by atoms with Gasteiger partial charge in [0.25, 0.3) is 5.91 Å². The fourth-order valence-electron chi connectivity index (χ4n) is 2.61. The predicted octanol–water partition coefficient (Wildman–Crippen LogP) is 3.45. The summed E-state index contributed by atoms with van der Waals surface area (Å²) in [5, 5.41) is 14.8. The van der Waals surface area contributed by atoms with E-state index < -0.39 is 0 Å². The van der Waals surface area contributed by atoms with E-state index in [9.17, 15) is 4.79 Å². The normalized spacial score (nSPS) is 11.7. The van der Waals surface area contributed by atoms with Gasteiger partial charge in [-0.25, -0.2) is 4.98 Å². The molecule has 0 spiro atoms. The lowest BCUT2D eigenvalue weighted by molar-refractivity contribution is 0.0957. The molecule has 1 amide bonds. The smallest absolute Gasteiger partial charge is 0.271 e. The van der Waals surface area contributed by atoms with Crippen LogP contribution in [0.3, 0.4) is 0 Å². The van der Waals surface area contributed by atoms with Gasteiger partial charge in [0.15, 0.2) is 5.69 Å². The van der Waals surface area contributed by atoms with Gasteiger partial charge in [-0.3, -0.25) is 4.79 Å². The van der Waals surface area contributed by atoms with E-state index in [2.05, 4.69) is 20.8 Å². The fraction of sp³-hybridized carbons (Fsp3) is 0.263. The van der Waals surface area contributed by atoms with E-state index in [1.54, 1.807) is 37.6 Å². The molecule has 0 radical (unpaired) electrons. The molecule has 1 unspecified atom stereocenters. The summed E-state index contributed by atoms with van der Waals surface area (Å²) < 4.78 is 5.20. The van der Waals surface area contributed by atoms with Crippen LogP contribution in [-0.2, 0) is 0 Å². The Bertz CT molecular complexity index is 922. The zero-order chi connectivity index (χ0) is 19.4. The van der Waals surface area contributed by atoms with Gasteiger partial charge in [-0.2, -0.15) is 0 Å². The van der Waals surface area contributed by atoms with Crippen LogP contribution in [0.5, 0.6) is 5.75 Å². The second kappa shape index (κ2) is 8.13. The topological polar surface area (TPSA) is 89.0 Å². The van der Waals surface area contributed by atoms with E-state index in [-0.39, 0.29) is 17.6 Å². The van der Waals surface area contributed by atoms with E-state index in [1.807, 2.05) is 38.1 Å². The molecule has 0 aliphatic carbocycles. The van der Waals surface area contributed by atoms with Crippen molar-refractivity contribution < 1.29 is 9.53 Å². The van der Waals surface area contributed by atoms with Crippen LogP contribution < -0.4 is 15.4 Å². The molecule has 2 heterocycles. The highest BCUT2D eigenvalue weighted by Crippen LogP contribution is 2.33. The zero-order valence-electron chi connectivity index (χ0n) is 15.6. The summed E-state index contributed by atoms with van der Waals surface area (Å²) in [6, 6.07) is 11.3. The van der Waals surface area contributed by atoms with Crippen molar-refractivity contribution in [3.05, 3.63) is 52.7 Å². The number of ether oxygens (including phenoxy) is 1. The molecule has 7 nitrogen and oxygen atoms in total. The molecule has 1 aromatic carbocycles. The second-order valence-corrected chi connectivity index (χ2v) is 6.98. The largest absolute Gasteiger partial charge is 0.497 e. The number of carbonyl (C=O) groups excluding carboxylic acids is 1. The second-order valence-electron chi connectivity index (χ2n) is 5.95. The molecule has 2 N–H and O–H groups in total. The lowest BCUT2D eigenvalue weighted by Crippen LogP contribution is -2.20. The number of hydrogen-bond donors (Lipinski definition) is 2. The maximum absolute atomic E-state index is 11.5. The summed E-state index contributed by atoms with van der Waals surface area (Å²) in [5.74, 6) is 1.17. The summed E-state index contributed by atoms with van der Waals surface area (Å²) in [6.07, 6.45) is 0. The third-order valence-corrected chi connectivity index (χ3v) is 5.44. The average molecular weight is 383 g/mol. The van der Waals surface area contributed by atoms with Gasteiger partial charge in [0.2, 0.25) is 0 Å². The molecule has 2 aromatic heterocycles. The minimum atomic E-state index is -0.260. The molecular weight excluding hydrogens is 362 g/mol. The lowest BCUT2D eigenvalue weighted by atomic mass is 10.2. The zero-order valence-corrected chi connectivity index (χ0v) is 16.4. The monoisotopic (exact) mass is 383 g/mol. The van der Waals surface area contributed by atoms with E-state index in [0.29, 0.717) is 5.82 Å². The molecule has 0 saturated carbocycles. The highest BCUT2D eigenvalue weighted by atomic mass is 32.1. The number of hydrogen-bond acceptors (Lipinski definition) is 7. The molecule has 8 heteroatoms. The number of carbonyl (C=O) groups is 1. The van der Waals surface area contributed by atoms with Crippen molar-refractivity contribution in [2.45, 2.75) is 19.9 Å². The number of nitrogens with one attached hydrogen (secondary N) is 2. The highest BCUT2D eigenvalue weighted by Gasteiger charge is 2.16. The van der Waals surface area contributed by atoms with Crippen molar-refractivity contribution >= 4 is 23.1 Å². The third kappa shape index (κ3) is 4.22. The molecule has 3 rings (SSSR count). The minimum absolute atomic E-state index is 0.00894. The number of methoxy groups -OCH3 is 1. The van der Waals surface area contributed by atoms with Crippen LogP contribution in [0.25, 0.3) is 10.6 Å². The first-order valence-electron chi connectivity index (χ1n) is 8.46. The quantitative estimate of drug-likeness (QED) is 0.678. The van der Waals surface area contributed by atoms with E-state index >= 15 is 0 Å². The SMILES string of the molecule is CNC(=O)c1ccc(NC(C)c2sc(-c3ccc(OC)cc3)nc2C)nn1. The van der Waals surface area contributed by atoms with E-state index in [4.69, 9.17) is 9.72 Å². The Kier molecular flexibility index (Phi) is 5.66. The van der Waals surface area contributed by atoms with Crippen LogP contribution in [0, 0.1) is 6.92 Å². The van der Waals surface area contributed by atoms with Gasteiger partial charge < -0.3 is 15.4 Å². The van der Waals surface area contributed by atoms with E-state index in [0.717, 1.165) is 26.9 Å². The molecule has 0 bridgehead atoms. The number of benzene rings is 1. The van der Waals surface area contributed by atoms with Crippen LogP contribution in [0.1, 0.15) is 34.0 Å². The minimum Gasteiger partial charge on any atom is -0.497 e. The first kappa shape index (κ1) is 18.8. The molecule has 0 fully saturated rings. The predicted molar refractivity (Wildman–Crippen MR) is 106 cm³/mol. The van der Waals surface area contributed by atoms with Crippen molar-refractivity contribution in [3.63, 3.8) is 0 Å². The molecule has 0 saturated heterocycles. The van der Waals surface area contributed by atoms with Crippen LogP contribution in [0.15, 0.2) is 36.4 Å². The van der Waals surface area contributed by atoms with Crippen molar-refractivity contribution in [2.75, 3.05) is 19.5 Å². The van der Waals surface area contributed by atoms with Crippen molar-refractivity contribution in [3.8, 4) is 16.3 Å². The molecule has 140 valence electrons. The van der Waals surface area contributed by atoms with Crippen molar-refractivity contribution in [1.82, 2.24) is 20.5 Å². The lowest BCUT2D eigenvalue weighted by Gasteiger charge is -2.13. The Hall–Kier alpha value is -3.00. The Morgan fingerprint density at radius 1 is 1.15 bits per heavy atom. The van der Waals surface area contributed by atoms with Gasteiger partial charge in [-0.1, -0.05) is 0 Å². The Labute approximate surface area is 161 Å². The summed E-state index contributed by atoms with van der Waals surface area (Å²) >= 11 is 1.64. The van der Waals surface area contributed by atoms with Crippen molar-refractivity contribution in [1.29, 1.82) is 0 Å². The number of amides is 1. The number of rotatable bonds is 6.